The Bertz CT molecular complexity index is 3250. The molecule has 0 aliphatic heterocycles. The van der Waals surface area contributed by atoms with Gasteiger partial charge >= 0.3 is 0 Å². The van der Waals surface area contributed by atoms with E-state index in [0.717, 1.165) is 71.7 Å². The minimum atomic E-state index is 0.562. The number of aromatic nitrogens is 3. The van der Waals surface area contributed by atoms with E-state index in [1.54, 1.807) is 0 Å². The van der Waals surface area contributed by atoms with Gasteiger partial charge in [0, 0.05) is 38.2 Å². The molecule has 0 atom stereocenters. The van der Waals surface area contributed by atoms with E-state index in [4.69, 9.17) is 23.8 Å². The van der Waals surface area contributed by atoms with Crippen molar-refractivity contribution in [3.8, 4) is 67.5 Å². The summed E-state index contributed by atoms with van der Waals surface area (Å²) in [7, 11) is 0. The van der Waals surface area contributed by atoms with E-state index in [0.29, 0.717) is 17.5 Å². The first-order valence-corrected chi connectivity index (χ1v) is 18.7. The standard InChI is InChI=1S/C51H31N3O2/c1-2-11-32(12-3-1)35-13-8-15-37(29-35)38-16-9-14-36(30-38)33-23-25-34(26-24-33)49-52-50(39-27-28-41-40-17-4-6-20-44(40)56-47(41)31-39)54-51(53-49)43-19-10-22-46-48(43)42-18-5-7-21-45(42)55-46/h1-31H. The Hall–Kier alpha value is -7.63. The molecule has 8 aromatic carbocycles. The highest BCUT2D eigenvalue weighted by Gasteiger charge is 2.19. The van der Waals surface area contributed by atoms with Crippen LogP contribution in [-0.2, 0) is 0 Å². The molecule has 3 aromatic heterocycles. The molecule has 0 unspecified atom stereocenters. The van der Waals surface area contributed by atoms with Gasteiger partial charge in [-0.2, -0.15) is 0 Å². The Morgan fingerprint density at radius 3 is 1.46 bits per heavy atom. The van der Waals surface area contributed by atoms with E-state index in [2.05, 4.69) is 127 Å². The predicted octanol–water partition coefficient (Wildman–Crippen LogP) is 13.7. The summed E-state index contributed by atoms with van der Waals surface area (Å²) in [5, 5.41) is 4.13. The predicted molar refractivity (Wildman–Crippen MR) is 227 cm³/mol. The van der Waals surface area contributed by atoms with Crippen LogP contribution in [0, 0.1) is 0 Å². The first-order valence-electron chi connectivity index (χ1n) is 18.7. The van der Waals surface area contributed by atoms with Crippen molar-refractivity contribution in [2.24, 2.45) is 0 Å². The van der Waals surface area contributed by atoms with Gasteiger partial charge in [-0.15, -0.1) is 0 Å². The minimum Gasteiger partial charge on any atom is -0.456 e. The van der Waals surface area contributed by atoms with Crippen LogP contribution in [0.25, 0.3) is 111 Å². The molecule has 0 bridgehead atoms. The van der Waals surface area contributed by atoms with Crippen LogP contribution in [-0.4, -0.2) is 15.0 Å². The summed E-state index contributed by atoms with van der Waals surface area (Å²) in [4.78, 5) is 15.3. The van der Waals surface area contributed by atoms with Gasteiger partial charge in [-0.1, -0.05) is 146 Å². The van der Waals surface area contributed by atoms with Crippen molar-refractivity contribution < 1.29 is 8.83 Å². The second-order valence-corrected chi connectivity index (χ2v) is 14.0. The van der Waals surface area contributed by atoms with Gasteiger partial charge in [0.1, 0.15) is 22.3 Å². The lowest BCUT2D eigenvalue weighted by Gasteiger charge is -2.11. The summed E-state index contributed by atoms with van der Waals surface area (Å²) >= 11 is 0. The van der Waals surface area contributed by atoms with Crippen molar-refractivity contribution in [3.63, 3.8) is 0 Å². The van der Waals surface area contributed by atoms with Crippen LogP contribution in [0.15, 0.2) is 197 Å². The van der Waals surface area contributed by atoms with E-state index in [-0.39, 0.29) is 0 Å². The normalized spacial score (nSPS) is 11.6. The van der Waals surface area contributed by atoms with E-state index >= 15 is 0 Å². The Morgan fingerprint density at radius 1 is 0.268 bits per heavy atom. The fourth-order valence-corrected chi connectivity index (χ4v) is 7.78. The lowest BCUT2D eigenvalue weighted by molar-refractivity contribution is 0.668. The third kappa shape index (κ3) is 5.53. The zero-order valence-corrected chi connectivity index (χ0v) is 30.1. The van der Waals surface area contributed by atoms with Gasteiger partial charge in [0.15, 0.2) is 17.5 Å². The topological polar surface area (TPSA) is 65.0 Å². The lowest BCUT2D eigenvalue weighted by Crippen LogP contribution is -2.00. The summed E-state index contributed by atoms with van der Waals surface area (Å²) < 4.78 is 12.5. The van der Waals surface area contributed by atoms with Crippen molar-refractivity contribution in [2.45, 2.75) is 0 Å². The van der Waals surface area contributed by atoms with E-state index in [9.17, 15) is 0 Å². The number of benzene rings is 8. The lowest BCUT2D eigenvalue weighted by atomic mass is 9.96. The second kappa shape index (κ2) is 13.0. The molecule has 11 aromatic rings. The molecule has 0 N–H and O–H groups in total. The Balaban J connectivity index is 1.01. The maximum Gasteiger partial charge on any atom is 0.164 e. The van der Waals surface area contributed by atoms with Gasteiger partial charge in [0.25, 0.3) is 0 Å². The number of hydrogen-bond acceptors (Lipinski definition) is 5. The van der Waals surface area contributed by atoms with Crippen LogP contribution in [0.5, 0.6) is 0 Å². The van der Waals surface area contributed by atoms with Crippen LogP contribution in [0.2, 0.25) is 0 Å². The van der Waals surface area contributed by atoms with Crippen molar-refractivity contribution in [2.75, 3.05) is 0 Å². The van der Waals surface area contributed by atoms with E-state index in [1.807, 2.05) is 60.7 Å². The molecule has 5 nitrogen and oxygen atoms in total. The summed E-state index contributed by atoms with van der Waals surface area (Å²) in [6, 6.07) is 64.8. The summed E-state index contributed by atoms with van der Waals surface area (Å²) in [5.74, 6) is 1.71. The van der Waals surface area contributed by atoms with Crippen LogP contribution >= 0.6 is 0 Å². The number of hydrogen-bond donors (Lipinski definition) is 0. The van der Waals surface area contributed by atoms with Gasteiger partial charge in [-0.05, 0) is 75.8 Å². The molecule has 5 heteroatoms. The molecule has 56 heavy (non-hydrogen) atoms. The molecule has 0 fully saturated rings. The summed E-state index contributed by atoms with van der Waals surface area (Å²) in [5.41, 5.74) is 12.8. The molecule has 0 aliphatic rings. The van der Waals surface area contributed by atoms with Crippen molar-refractivity contribution in [1.82, 2.24) is 15.0 Å². The van der Waals surface area contributed by atoms with Crippen LogP contribution < -0.4 is 0 Å². The van der Waals surface area contributed by atoms with Gasteiger partial charge in [0.05, 0.1) is 0 Å². The smallest absolute Gasteiger partial charge is 0.164 e. The molecule has 0 spiro atoms. The van der Waals surface area contributed by atoms with Crippen molar-refractivity contribution in [3.05, 3.63) is 188 Å². The number of nitrogens with zero attached hydrogens (tertiary/aromatic N) is 3. The van der Waals surface area contributed by atoms with Gasteiger partial charge in [0.2, 0.25) is 0 Å². The van der Waals surface area contributed by atoms with Crippen molar-refractivity contribution >= 4 is 43.9 Å². The zero-order valence-electron chi connectivity index (χ0n) is 30.1. The molecule has 0 amide bonds. The van der Waals surface area contributed by atoms with Crippen LogP contribution in [0.1, 0.15) is 0 Å². The molecule has 0 saturated carbocycles. The highest BCUT2D eigenvalue weighted by molar-refractivity contribution is 6.12. The molecule has 0 aliphatic carbocycles. The van der Waals surface area contributed by atoms with E-state index in [1.165, 1.54) is 22.3 Å². The highest BCUT2D eigenvalue weighted by atomic mass is 16.3. The number of para-hydroxylation sites is 2. The third-order valence-corrected chi connectivity index (χ3v) is 10.6. The average Bonchev–Trinajstić information content (AvgIpc) is 3.85. The number of furan rings is 2. The Labute approximate surface area is 322 Å². The van der Waals surface area contributed by atoms with Crippen LogP contribution in [0.4, 0.5) is 0 Å². The number of rotatable bonds is 6. The molecular weight excluding hydrogens is 687 g/mol. The Morgan fingerprint density at radius 2 is 0.732 bits per heavy atom. The fraction of sp³-hybridized carbons (Fsp3) is 0. The summed E-state index contributed by atoms with van der Waals surface area (Å²) in [6.07, 6.45) is 0. The minimum absolute atomic E-state index is 0.562. The maximum absolute atomic E-state index is 6.27. The molecule has 11 rings (SSSR count). The average molecular weight is 718 g/mol. The van der Waals surface area contributed by atoms with Crippen LogP contribution in [0.3, 0.4) is 0 Å². The summed E-state index contributed by atoms with van der Waals surface area (Å²) in [6.45, 7) is 0. The molecular formula is C51H31N3O2. The maximum atomic E-state index is 6.27. The Kier molecular flexibility index (Phi) is 7.42. The monoisotopic (exact) mass is 717 g/mol. The largest absolute Gasteiger partial charge is 0.456 e. The molecule has 0 radical (unpaired) electrons. The van der Waals surface area contributed by atoms with Crippen molar-refractivity contribution in [1.29, 1.82) is 0 Å². The molecule has 262 valence electrons. The quantitative estimate of drug-likeness (QED) is 0.171. The number of fused-ring (bicyclic) bond motifs is 6. The van der Waals surface area contributed by atoms with Gasteiger partial charge in [-0.25, -0.2) is 15.0 Å². The molecule has 0 saturated heterocycles. The first-order chi connectivity index (χ1) is 27.7. The SMILES string of the molecule is c1ccc(-c2cccc(-c3cccc(-c4ccc(-c5nc(-c6ccc7c(c6)oc6ccccc67)nc(-c6cccc7oc8ccccc8c67)n5)cc4)c3)c2)cc1. The third-order valence-electron chi connectivity index (χ3n) is 10.6. The van der Waals surface area contributed by atoms with Gasteiger partial charge < -0.3 is 8.83 Å². The second-order valence-electron chi connectivity index (χ2n) is 14.0. The van der Waals surface area contributed by atoms with Gasteiger partial charge in [-0.3, -0.25) is 0 Å². The fourth-order valence-electron chi connectivity index (χ4n) is 7.78. The first kappa shape index (κ1) is 31.9. The highest BCUT2D eigenvalue weighted by Crippen LogP contribution is 2.38. The van der Waals surface area contributed by atoms with E-state index < -0.39 is 0 Å². The zero-order chi connectivity index (χ0) is 37.0. The molecule has 3 heterocycles.